The van der Waals surface area contributed by atoms with Crippen molar-refractivity contribution in [3.63, 3.8) is 0 Å². The lowest BCUT2D eigenvalue weighted by atomic mass is 9.83. The maximum Gasteiger partial charge on any atom is 0.0606 e. The average molecular weight is 190 g/mol. The van der Waals surface area contributed by atoms with E-state index in [2.05, 4.69) is 29.4 Å². The topological polar surface area (TPSA) is 24.9 Å². The molecule has 0 spiro atoms. The van der Waals surface area contributed by atoms with Crippen molar-refractivity contribution in [1.29, 1.82) is 0 Å². The molecule has 1 unspecified atom stereocenters. The molecule has 2 rings (SSSR count). The number of aromatic nitrogens is 1. The number of piperidine rings is 1. The number of hydrogen-bond donors (Lipinski definition) is 1. The lowest BCUT2D eigenvalue weighted by Crippen LogP contribution is -2.45. The Morgan fingerprint density at radius 3 is 2.93 bits per heavy atom. The third-order valence-corrected chi connectivity index (χ3v) is 3.25. The molecule has 0 aromatic carbocycles. The summed E-state index contributed by atoms with van der Waals surface area (Å²) >= 11 is 0. The third-order valence-electron chi connectivity index (χ3n) is 3.25. The summed E-state index contributed by atoms with van der Waals surface area (Å²) < 4.78 is 0. The number of rotatable bonds is 2. The minimum absolute atomic E-state index is 0.152. The van der Waals surface area contributed by atoms with Crippen LogP contribution in [0.4, 0.5) is 0 Å². The van der Waals surface area contributed by atoms with Gasteiger partial charge in [-0.3, -0.25) is 4.98 Å². The quantitative estimate of drug-likeness (QED) is 0.775. The molecule has 1 aromatic heterocycles. The number of hydrogen-bond acceptors (Lipinski definition) is 2. The highest BCUT2D eigenvalue weighted by Crippen LogP contribution is 2.31. The zero-order chi connectivity index (χ0) is 9.86. The van der Waals surface area contributed by atoms with E-state index in [1.54, 1.807) is 0 Å². The van der Waals surface area contributed by atoms with Gasteiger partial charge in [0.2, 0.25) is 0 Å². The van der Waals surface area contributed by atoms with E-state index < -0.39 is 0 Å². The fourth-order valence-corrected chi connectivity index (χ4v) is 2.32. The Morgan fingerprint density at radius 1 is 1.43 bits per heavy atom. The lowest BCUT2D eigenvalue weighted by molar-refractivity contribution is 0.242. The van der Waals surface area contributed by atoms with Gasteiger partial charge in [0.1, 0.15) is 0 Å². The second kappa shape index (κ2) is 4.09. The summed E-state index contributed by atoms with van der Waals surface area (Å²) in [7, 11) is 0. The monoisotopic (exact) mass is 190 g/mol. The zero-order valence-corrected chi connectivity index (χ0v) is 8.79. The van der Waals surface area contributed by atoms with E-state index >= 15 is 0 Å². The standard InChI is InChI=1S/C12H18N2/c1-2-12(8-4-6-10-14-12)11-7-3-5-9-13-11/h3,5,7,9,14H,2,4,6,8,10H2,1H3. The maximum absolute atomic E-state index is 4.48. The number of nitrogens with zero attached hydrogens (tertiary/aromatic N) is 1. The van der Waals surface area contributed by atoms with E-state index in [4.69, 9.17) is 0 Å². The predicted octanol–water partition coefficient (Wildman–Crippen LogP) is 2.46. The highest BCUT2D eigenvalue weighted by molar-refractivity contribution is 5.16. The van der Waals surface area contributed by atoms with Gasteiger partial charge < -0.3 is 5.32 Å². The molecular formula is C12H18N2. The fourth-order valence-electron chi connectivity index (χ4n) is 2.32. The van der Waals surface area contributed by atoms with Crippen molar-refractivity contribution in [2.24, 2.45) is 0 Å². The first-order valence-electron chi connectivity index (χ1n) is 5.54. The third kappa shape index (κ3) is 1.67. The Hall–Kier alpha value is -0.890. The van der Waals surface area contributed by atoms with Crippen molar-refractivity contribution in [2.45, 2.75) is 38.1 Å². The SMILES string of the molecule is CCC1(c2ccccn2)CCCCN1. The smallest absolute Gasteiger partial charge is 0.0606 e. The van der Waals surface area contributed by atoms with Gasteiger partial charge in [0, 0.05) is 6.20 Å². The van der Waals surface area contributed by atoms with Gasteiger partial charge in [0.05, 0.1) is 11.2 Å². The van der Waals surface area contributed by atoms with E-state index in [1.165, 1.54) is 25.0 Å². The molecule has 14 heavy (non-hydrogen) atoms. The second-order valence-electron chi connectivity index (χ2n) is 4.03. The van der Waals surface area contributed by atoms with Crippen molar-refractivity contribution in [1.82, 2.24) is 10.3 Å². The Labute approximate surface area is 85.7 Å². The molecule has 0 aliphatic carbocycles. The molecule has 1 aromatic rings. The van der Waals surface area contributed by atoms with Crippen LogP contribution in [0.2, 0.25) is 0 Å². The number of nitrogens with one attached hydrogen (secondary N) is 1. The van der Waals surface area contributed by atoms with Crippen LogP contribution in [0.25, 0.3) is 0 Å². The molecule has 1 aliphatic rings. The van der Waals surface area contributed by atoms with Gasteiger partial charge in [0.15, 0.2) is 0 Å². The van der Waals surface area contributed by atoms with E-state index in [-0.39, 0.29) is 5.54 Å². The molecule has 1 fully saturated rings. The Bertz CT molecular complexity index is 276. The molecule has 1 saturated heterocycles. The van der Waals surface area contributed by atoms with Crippen LogP contribution in [-0.4, -0.2) is 11.5 Å². The van der Waals surface area contributed by atoms with Gasteiger partial charge in [-0.2, -0.15) is 0 Å². The summed E-state index contributed by atoms with van der Waals surface area (Å²) in [6.07, 6.45) is 6.86. The largest absolute Gasteiger partial charge is 0.306 e. The van der Waals surface area contributed by atoms with Crippen LogP contribution in [0.5, 0.6) is 0 Å². The molecule has 0 bridgehead atoms. The predicted molar refractivity (Wildman–Crippen MR) is 58.1 cm³/mol. The Kier molecular flexibility index (Phi) is 2.82. The molecule has 2 heteroatoms. The molecule has 1 atom stereocenters. The Morgan fingerprint density at radius 2 is 2.36 bits per heavy atom. The van der Waals surface area contributed by atoms with Gasteiger partial charge in [0.25, 0.3) is 0 Å². The van der Waals surface area contributed by atoms with Crippen LogP contribution in [0, 0.1) is 0 Å². The van der Waals surface area contributed by atoms with E-state index in [0.717, 1.165) is 13.0 Å². The van der Waals surface area contributed by atoms with Gasteiger partial charge in [-0.25, -0.2) is 0 Å². The van der Waals surface area contributed by atoms with Crippen molar-refractivity contribution in [2.75, 3.05) is 6.54 Å². The first kappa shape index (κ1) is 9.66. The van der Waals surface area contributed by atoms with Crippen LogP contribution in [0.1, 0.15) is 38.3 Å². The van der Waals surface area contributed by atoms with E-state index in [1.807, 2.05) is 12.3 Å². The molecule has 1 N–H and O–H groups in total. The summed E-state index contributed by atoms with van der Waals surface area (Å²) in [6.45, 7) is 3.37. The van der Waals surface area contributed by atoms with Gasteiger partial charge in [-0.05, 0) is 44.4 Å². The van der Waals surface area contributed by atoms with E-state index in [0.29, 0.717) is 0 Å². The zero-order valence-electron chi connectivity index (χ0n) is 8.79. The first-order chi connectivity index (χ1) is 6.87. The summed E-state index contributed by atoms with van der Waals surface area (Å²) in [5.41, 5.74) is 1.36. The Balaban J connectivity index is 2.27. The minimum Gasteiger partial charge on any atom is -0.306 e. The minimum atomic E-state index is 0.152. The van der Waals surface area contributed by atoms with Crippen molar-refractivity contribution >= 4 is 0 Å². The average Bonchev–Trinajstić information content (AvgIpc) is 2.31. The molecule has 1 aliphatic heterocycles. The highest BCUT2D eigenvalue weighted by Gasteiger charge is 2.32. The molecule has 76 valence electrons. The van der Waals surface area contributed by atoms with Crippen LogP contribution in [0.3, 0.4) is 0 Å². The molecule has 0 amide bonds. The van der Waals surface area contributed by atoms with Crippen molar-refractivity contribution < 1.29 is 0 Å². The summed E-state index contributed by atoms with van der Waals surface area (Å²) in [6, 6.07) is 6.20. The highest BCUT2D eigenvalue weighted by atomic mass is 15.0. The maximum atomic E-state index is 4.48. The molecular weight excluding hydrogens is 172 g/mol. The molecule has 0 radical (unpaired) electrons. The molecule has 0 saturated carbocycles. The fraction of sp³-hybridized carbons (Fsp3) is 0.583. The van der Waals surface area contributed by atoms with Crippen molar-refractivity contribution in [3.05, 3.63) is 30.1 Å². The van der Waals surface area contributed by atoms with Crippen molar-refractivity contribution in [3.8, 4) is 0 Å². The van der Waals surface area contributed by atoms with Crippen LogP contribution < -0.4 is 5.32 Å². The van der Waals surface area contributed by atoms with Crippen LogP contribution in [0.15, 0.2) is 24.4 Å². The van der Waals surface area contributed by atoms with Crippen LogP contribution >= 0.6 is 0 Å². The number of pyridine rings is 1. The first-order valence-corrected chi connectivity index (χ1v) is 5.54. The summed E-state index contributed by atoms with van der Waals surface area (Å²) in [4.78, 5) is 4.48. The van der Waals surface area contributed by atoms with E-state index in [9.17, 15) is 0 Å². The summed E-state index contributed by atoms with van der Waals surface area (Å²) in [5.74, 6) is 0. The van der Waals surface area contributed by atoms with Gasteiger partial charge in [-0.15, -0.1) is 0 Å². The van der Waals surface area contributed by atoms with Gasteiger partial charge in [-0.1, -0.05) is 13.0 Å². The second-order valence-corrected chi connectivity index (χ2v) is 4.03. The summed E-state index contributed by atoms with van der Waals surface area (Å²) in [5, 5.41) is 3.64. The van der Waals surface area contributed by atoms with Crippen LogP contribution in [-0.2, 0) is 5.54 Å². The molecule has 2 heterocycles. The normalized spacial score (nSPS) is 27.5. The van der Waals surface area contributed by atoms with Gasteiger partial charge >= 0.3 is 0 Å². The molecule has 2 nitrogen and oxygen atoms in total. The lowest BCUT2D eigenvalue weighted by Gasteiger charge is -2.37.